The second-order valence-corrected chi connectivity index (χ2v) is 4.05. The van der Waals surface area contributed by atoms with Crippen LogP contribution in [-0.2, 0) is 0 Å². The molecule has 2 aromatic rings. The lowest BCUT2D eigenvalue weighted by Crippen LogP contribution is -2.01. The van der Waals surface area contributed by atoms with Crippen LogP contribution in [0.15, 0.2) is 6.07 Å². The summed E-state index contributed by atoms with van der Waals surface area (Å²) in [7, 11) is 0. The highest BCUT2D eigenvalue weighted by Crippen LogP contribution is 2.21. The van der Waals surface area contributed by atoms with Crippen LogP contribution < -0.4 is 0 Å². The van der Waals surface area contributed by atoms with Gasteiger partial charge in [0.15, 0.2) is 0 Å². The van der Waals surface area contributed by atoms with E-state index in [9.17, 15) is 0 Å². The lowest BCUT2D eigenvalue weighted by Gasteiger charge is -2.07. The molecule has 0 aliphatic rings. The number of nitrogens with zero attached hydrogens (tertiary/aromatic N) is 2. The van der Waals surface area contributed by atoms with Gasteiger partial charge in [0.1, 0.15) is 0 Å². The van der Waals surface area contributed by atoms with Crippen molar-refractivity contribution in [2.45, 2.75) is 34.6 Å². The average Bonchev–Trinajstić information content (AvgIpc) is 2.42. The Balaban J connectivity index is 2.98. The van der Waals surface area contributed by atoms with Gasteiger partial charge in [-0.25, -0.2) is 4.52 Å². The Morgan fingerprint density at radius 2 is 1.64 bits per heavy atom. The van der Waals surface area contributed by atoms with Crippen molar-refractivity contribution in [2.24, 2.45) is 0 Å². The molecule has 0 saturated heterocycles. The predicted molar refractivity (Wildman–Crippen MR) is 58.9 cm³/mol. The Kier molecular flexibility index (Phi) is 1.88. The smallest absolute Gasteiger partial charge is 0.0684 e. The van der Waals surface area contributed by atoms with Gasteiger partial charge in [0.05, 0.1) is 11.2 Å². The normalized spacial score (nSPS) is 11.2. The number of rotatable bonds is 0. The van der Waals surface area contributed by atoms with Crippen LogP contribution in [0.3, 0.4) is 0 Å². The molecule has 0 unspecified atom stereocenters. The van der Waals surface area contributed by atoms with Crippen LogP contribution in [0.2, 0.25) is 0 Å². The molecule has 0 radical (unpaired) electrons. The summed E-state index contributed by atoms with van der Waals surface area (Å²) < 4.78 is 2.05. The Labute approximate surface area is 84.6 Å². The van der Waals surface area contributed by atoms with E-state index in [4.69, 9.17) is 0 Å². The highest BCUT2D eigenvalue weighted by Gasteiger charge is 2.09. The van der Waals surface area contributed by atoms with Crippen LogP contribution in [0, 0.1) is 34.6 Å². The van der Waals surface area contributed by atoms with Gasteiger partial charge in [-0.1, -0.05) is 0 Å². The topological polar surface area (TPSA) is 17.3 Å². The van der Waals surface area contributed by atoms with Crippen molar-refractivity contribution in [1.82, 2.24) is 9.61 Å². The molecular weight excluding hydrogens is 172 g/mol. The van der Waals surface area contributed by atoms with Gasteiger partial charge >= 0.3 is 0 Å². The van der Waals surface area contributed by atoms with Crippen molar-refractivity contribution in [3.8, 4) is 0 Å². The largest absolute Gasteiger partial charge is 0.237 e. The number of aromatic nitrogens is 2. The minimum absolute atomic E-state index is 1.12. The van der Waals surface area contributed by atoms with E-state index in [1.165, 1.54) is 27.9 Å². The molecule has 0 N–H and O–H groups in total. The van der Waals surface area contributed by atoms with Crippen LogP contribution >= 0.6 is 0 Å². The van der Waals surface area contributed by atoms with Crippen LogP contribution in [-0.4, -0.2) is 9.61 Å². The fourth-order valence-corrected chi connectivity index (χ4v) is 1.80. The van der Waals surface area contributed by atoms with Gasteiger partial charge in [0, 0.05) is 5.69 Å². The number of hydrogen-bond acceptors (Lipinski definition) is 1. The Hall–Kier alpha value is -1.31. The van der Waals surface area contributed by atoms with Crippen LogP contribution in [0.1, 0.15) is 28.1 Å². The van der Waals surface area contributed by atoms with Gasteiger partial charge in [0.25, 0.3) is 0 Å². The molecular formula is C12H16N2. The van der Waals surface area contributed by atoms with Crippen molar-refractivity contribution >= 4 is 5.52 Å². The quantitative estimate of drug-likeness (QED) is 0.621. The van der Waals surface area contributed by atoms with Gasteiger partial charge in [-0.15, -0.1) is 0 Å². The molecule has 74 valence electrons. The molecule has 0 aliphatic heterocycles. The Bertz CT molecular complexity index is 507. The molecule has 0 atom stereocenters. The molecule has 2 rings (SSSR count). The number of aryl methyl sites for hydroxylation is 4. The average molecular weight is 188 g/mol. The third-order valence-corrected chi connectivity index (χ3v) is 3.21. The summed E-state index contributed by atoms with van der Waals surface area (Å²) in [6.45, 7) is 10.6. The van der Waals surface area contributed by atoms with E-state index in [1.54, 1.807) is 0 Å². The van der Waals surface area contributed by atoms with Crippen LogP contribution in [0.4, 0.5) is 0 Å². The second kappa shape index (κ2) is 2.84. The highest BCUT2D eigenvalue weighted by molar-refractivity contribution is 5.60. The van der Waals surface area contributed by atoms with Crippen LogP contribution in [0.5, 0.6) is 0 Å². The molecule has 0 saturated carbocycles. The fraction of sp³-hybridized carbons (Fsp3) is 0.417. The minimum atomic E-state index is 1.12. The number of hydrogen-bond donors (Lipinski definition) is 0. The van der Waals surface area contributed by atoms with Crippen molar-refractivity contribution in [3.63, 3.8) is 0 Å². The van der Waals surface area contributed by atoms with Crippen molar-refractivity contribution in [2.75, 3.05) is 0 Å². The SMILES string of the molecule is Cc1cc2c(C)c(C)c(C)nn2c1C. The maximum atomic E-state index is 4.57. The van der Waals surface area contributed by atoms with E-state index in [2.05, 4.69) is 45.8 Å². The first-order chi connectivity index (χ1) is 6.52. The van der Waals surface area contributed by atoms with Gasteiger partial charge in [-0.2, -0.15) is 5.10 Å². The minimum Gasteiger partial charge on any atom is -0.237 e. The van der Waals surface area contributed by atoms with E-state index in [0.29, 0.717) is 0 Å². The third-order valence-electron chi connectivity index (χ3n) is 3.21. The third kappa shape index (κ3) is 1.07. The standard InChI is InChI=1S/C12H16N2/c1-7-6-12-9(3)8(2)10(4)13-14(12)11(7)5/h6H,1-5H3. The zero-order chi connectivity index (χ0) is 10.5. The van der Waals surface area contributed by atoms with Gasteiger partial charge in [-0.3, -0.25) is 0 Å². The second-order valence-electron chi connectivity index (χ2n) is 4.05. The Morgan fingerprint density at radius 1 is 1.00 bits per heavy atom. The summed E-state index contributed by atoms with van der Waals surface area (Å²) in [5, 5.41) is 4.57. The lowest BCUT2D eigenvalue weighted by atomic mass is 10.1. The molecule has 2 nitrogen and oxygen atoms in total. The predicted octanol–water partition coefficient (Wildman–Crippen LogP) is 2.88. The molecule has 0 fully saturated rings. The molecule has 0 aliphatic carbocycles. The zero-order valence-corrected chi connectivity index (χ0v) is 9.47. The summed E-state index contributed by atoms with van der Waals surface area (Å²) in [6.07, 6.45) is 0. The van der Waals surface area contributed by atoms with E-state index >= 15 is 0 Å². The molecule has 2 heteroatoms. The molecule has 14 heavy (non-hydrogen) atoms. The monoisotopic (exact) mass is 188 g/mol. The van der Waals surface area contributed by atoms with Crippen LogP contribution in [0.25, 0.3) is 5.52 Å². The molecule has 0 aromatic carbocycles. The highest BCUT2D eigenvalue weighted by atomic mass is 15.2. The summed E-state index contributed by atoms with van der Waals surface area (Å²) in [5.74, 6) is 0. The first-order valence-electron chi connectivity index (χ1n) is 4.95. The van der Waals surface area contributed by atoms with Gasteiger partial charge in [0.2, 0.25) is 0 Å². The Morgan fingerprint density at radius 3 is 2.29 bits per heavy atom. The first-order valence-corrected chi connectivity index (χ1v) is 4.95. The zero-order valence-electron chi connectivity index (χ0n) is 9.47. The summed E-state index contributed by atoms with van der Waals surface area (Å²) in [6, 6.07) is 2.21. The van der Waals surface area contributed by atoms with E-state index in [1.807, 2.05) is 4.52 Å². The summed E-state index contributed by atoms with van der Waals surface area (Å²) in [4.78, 5) is 0. The molecule has 2 heterocycles. The van der Waals surface area contributed by atoms with Crippen molar-refractivity contribution in [3.05, 3.63) is 34.1 Å². The molecule has 0 spiro atoms. The van der Waals surface area contributed by atoms with E-state index in [0.717, 1.165) is 5.69 Å². The maximum Gasteiger partial charge on any atom is 0.0684 e. The van der Waals surface area contributed by atoms with Crippen molar-refractivity contribution < 1.29 is 0 Å². The first kappa shape index (κ1) is 9.25. The molecule has 0 amide bonds. The maximum absolute atomic E-state index is 4.57. The summed E-state index contributed by atoms with van der Waals surface area (Å²) in [5.41, 5.74) is 7.55. The van der Waals surface area contributed by atoms with E-state index < -0.39 is 0 Å². The summed E-state index contributed by atoms with van der Waals surface area (Å²) >= 11 is 0. The molecule has 2 aromatic heterocycles. The van der Waals surface area contributed by atoms with Crippen molar-refractivity contribution in [1.29, 1.82) is 0 Å². The van der Waals surface area contributed by atoms with Gasteiger partial charge < -0.3 is 0 Å². The molecule has 0 bridgehead atoms. The van der Waals surface area contributed by atoms with Gasteiger partial charge in [-0.05, 0) is 57.4 Å². The lowest BCUT2D eigenvalue weighted by molar-refractivity contribution is 0.852. The fourth-order valence-electron chi connectivity index (χ4n) is 1.80. The number of fused-ring (bicyclic) bond motifs is 1. The van der Waals surface area contributed by atoms with E-state index in [-0.39, 0.29) is 0 Å².